The number of piperidine rings is 1. The molecule has 2 unspecified atom stereocenters. The fourth-order valence-corrected chi connectivity index (χ4v) is 4.06. The molecular formula is C23H28N6O3. The van der Waals surface area contributed by atoms with Crippen molar-refractivity contribution in [3.8, 4) is 11.5 Å². The third-order valence-corrected chi connectivity index (χ3v) is 5.78. The van der Waals surface area contributed by atoms with Crippen LogP contribution in [0.2, 0.25) is 0 Å². The highest BCUT2D eigenvalue weighted by Gasteiger charge is 2.30. The van der Waals surface area contributed by atoms with E-state index in [0.717, 1.165) is 36.6 Å². The second-order valence-electron chi connectivity index (χ2n) is 7.83. The summed E-state index contributed by atoms with van der Waals surface area (Å²) in [6, 6.07) is 5.16. The molecule has 2 aromatic heterocycles. The number of carbonyl (C=O) groups excluding carboxylic acids is 1. The van der Waals surface area contributed by atoms with E-state index in [-0.39, 0.29) is 11.8 Å². The number of nitrogens with one attached hydrogen (secondary N) is 1. The highest BCUT2D eigenvalue weighted by molar-refractivity contribution is 5.80. The maximum atomic E-state index is 13.4. The van der Waals surface area contributed by atoms with Crippen LogP contribution in [-0.4, -0.2) is 52.7 Å². The van der Waals surface area contributed by atoms with Crippen molar-refractivity contribution < 1.29 is 14.3 Å². The number of methoxy groups -OCH3 is 2. The van der Waals surface area contributed by atoms with E-state index in [1.54, 1.807) is 45.1 Å². The molecule has 1 saturated heterocycles. The van der Waals surface area contributed by atoms with Crippen molar-refractivity contribution in [1.29, 1.82) is 0 Å². The van der Waals surface area contributed by atoms with Gasteiger partial charge in [0, 0.05) is 51.0 Å². The lowest BCUT2D eigenvalue weighted by Gasteiger charge is -2.33. The first-order chi connectivity index (χ1) is 15.6. The maximum Gasteiger partial charge on any atom is 0.225 e. The third kappa shape index (κ3) is 4.66. The van der Waals surface area contributed by atoms with Gasteiger partial charge in [-0.25, -0.2) is 9.97 Å². The van der Waals surface area contributed by atoms with Crippen LogP contribution in [0.15, 0.2) is 49.2 Å². The molecule has 1 amide bonds. The summed E-state index contributed by atoms with van der Waals surface area (Å²) in [5.74, 6) is 2.64. The molecule has 1 aliphatic heterocycles. The van der Waals surface area contributed by atoms with Gasteiger partial charge in [0.2, 0.25) is 5.91 Å². The molecule has 1 aromatic carbocycles. The van der Waals surface area contributed by atoms with Gasteiger partial charge in [-0.3, -0.25) is 9.78 Å². The Hall–Kier alpha value is -3.62. The molecule has 9 nitrogen and oxygen atoms in total. The van der Waals surface area contributed by atoms with E-state index >= 15 is 0 Å². The number of imidazole rings is 1. The molecule has 0 radical (unpaired) electrons. The second kappa shape index (κ2) is 9.67. The first-order valence-electron chi connectivity index (χ1n) is 10.6. The Kier molecular flexibility index (Phi) is 6.53. The average molecular weight is 437 g/mol. The summed E-state index contributed by atoms with van der Waals surface area (Å²) in [5, 5.41) is 3.22. The zero-order valence-corrected chi connectivity index (χ0v) is 18.6. The van der Waals surface area contributed by atoms with E-state index in [2.05, 4.69) is 25.2 Å². The molecule has 168 valence electrons. The number of benzene rings is 1. The Balaban J connectivity index is 1.59. The van der Waals surface area contributed by atoms with Crippen molar-refractivity contribution >= 4 is 11.7 Å². The van der Waals surface area contributed by atoms with Gasteiger partial charge in [0.25, 0.3) is 0 Å². The van der Waals surface area contributed by atoms with Crippen molar-refractivity contribution in [3.05, 3.63) is 60.6 Å². The van der Waals surface area contributed by atoms with Crippen LogP contribution in [0.3, 0.4) is 0 Å². The summed E-state index contributed by atoms with van der Waals surface area (Å²) in [6.45, 7) is 1.46. The van der Waals surface area contributed by atoms with Crippen LogP contribution < -0.4 is 19.7 Å². The Morgan fingerprint density at radius 3 is 2.53 bits per heavy atom. The molecule has 3 aromatic rings. The van der Waals surface area contributed by atoms with Gasteiger partial charge >= 0.3 is 0 Å². The molecule has 0 spiro atoms. The Morgan fingerprint density at radius 1 is 1.12 bits per heavy atom. The van der Waals surface area contributed by atoms with Crippen LogP contribution in [0.25, 0.3) is 0 Å². The summed E-state index contributed by atoms with van der Waals surface area (Å²) < 4.78 is 12.8. The van der Waals surface area contributed by atoms with Crippen molar-refractivity contribution in [2.45, 2.75) is 18.9 Å². The molecule has 0 aliphatic carbocycles. The SMILES string of the molecule is COc1cc(OC)cc(C(NC(=O)C2CCCN(c3cnccn3)C2)c2nccn2C)c1. The molecule has 1 N–H and O–H groups in total. The minimum absolute atomic E-state index is 0.0200. The maximum absolute atomic E-state index is 13.4. The average Bonchev–Trinajstić information content (AvgIpc) is 3.28. The number of carbonyl (C=O) groups is 1. The van der Waals surface area contributed by atoms with Crippen molar-refractivity contribution in [1.82, 2.24) is 24.8 Å². The van der Waals surface area contributed by atoms with Crippen LogP contribution in [0.1, 0.15) is 30.3 Å². The van der Waals surface area contributed by atoms with Gasteiger partial charge < -0.3 is 24.3 Å². The number of anilines is 1. The van der Waals surface area contributed by atoms with Crippen molar-refractivity contribution in [2.24, 2.45) is 13.0 Å². The van der Waals surface area contributed by atoms with E-state index < -0.39 is 6.04 Å². The minimum atomic E-state index is -0.446. The summed E-state index contributed by atoms with van der Waals surface area (Å²) in [7, 11) is 5.13. The fraction of sp³-hybridized carbons (Fsp3) is 0.391. The molecule has 0 bridgehead atoms. The predicted molar refractivity (Wildman–Crippen MR) is 120 cm³/mol. The predicted octanol–water partition coefficient (Wildman–Crippen LogP) is 2.35. The van der Waals surface area contributed by atoms with Gasteiger partial charge in [-0.05, 0) is 30.5 Å². The van der Waals surface area contributed by atoms with Crippen molar-refractivity contribution in [2.75, 3.05) is 32.2 Å². The number of rotatable bonds is 7. The second-order valence-corrected chi connectivity index (χ2v) is 7.83. The largest absolute Gasteiger partial charge is 0.497 e. The molecule has 9 heteroatoms. The van der Waals surface area contributed by atoms with Crippen LogP contribution in [-0.2, 0) is 11.8 Å². The van der Waals surface area contributed by atoms with Gasteiger partial charge in [0.15, 0.2) is 0 Å². The first kappa shape index (κ1) is 21.6. The molecule has 0 saturated carbocycles. The number of aromatic nitrogens is 4. The van der Waals surface area contributed by atoms with Crippen LogP contribution >= 0.6 is 0 Å². The summed E-state index contributed by atoms with van der Waals surface area (Å²) in [5.41, 5.74) is 0.838. The van der Waals surface area contributed by atoms with Crippen LogP contribution in [0.4, 0.5) is 5.82 Å². The van der Waals surface area contributed by atoms with Crippen LogP contribution in [0, 0.1) is 5.92 Å². The number of nitrogens with zero attached hydrogens (tertiary/aromatic N) is 5. The normalized spacial score (nSPS) is 17.0. The molecule has 1 fully saturated rings. The standard InChI is InChI=1S/C23H28N6O3/c1-28-10-8-26-22(28)21(17-11-18(31-2)13-19(12-17)32-3)27-23(30)16-5-4-9-29(15-16)20-14-24-6-7-25-20/h6-8,10-14,16,21H,4-5,9,15H2,1-3H3,(H,27,30). The third-order valence-electron chi connectivity index (χ3n) is 5.78. The lowest BCUT2D eigenvalue weighted by molar-refractivity contribution is -0.125. The number of ether oxygens (including phenoxy) is 2. The zero-order valence-electron chi connectivity index (χ0n) is 18.6. The highest BCUT2D eigenvalue weighted by atomic mass is 16.5. The Labute approximate surface area is 187 Å². The Morgan fingerprint density at radius 2 is 1.91 bits per heavy atom. The quantitative estimate of drug-likeness (QED) is 0.608. The van der Waals surface area contributed by atoms with Crippen LogP contribution in [0.5, 0.6) is 11.5 Å². The topological polar surface area (TPSA) is 94.4 Å². The van der Waals surface area contributed by atoms with E-state index in [0.29, 0.717) is 18.0 Å². The first-order valence-corrected chi connectivity index (χ1v) is 10.6. The zero-order chi connectivity index (χ0) is 22.5. The molecule has 4 rings (SSSR count). The van der Waals surface area contributed by atoms with Gasteiger partial charge in [-0.2, -0.15) is 0 Å². The lowest BCUT2D eigenvalue weighted by atomic mass is 9.96. The fourth-order valence-electron chi connectivity index (χ4n) is 4.06. The molecular weight excluding hydrogens is 408 g/mol. The number of amides is 1. The van der Waals surface area contributed by atoms with Gasteiger partial charge in [-0.15, -0.1) is 0 Å². The smallest absolute Gasteiger partial charge is 0.225 e. The Bertz CT molecular complexity index is 1030. The summed E-state index contributed by atoms with van der Waals surface area (Å²) >= 11 is 0. The molecule has 3 heterocycles. The van der Waals surface area contributed by atoms with Gasteiger partial charge in [0.1, 0.15) is 29.2 Å². The van der Waals surface area contributed by atoms with E-state index in [4.69, 9.17) is 9.47 Å². The lowest BCUT2D eigenvalue weighted by Crippen LogP contribution is -2.44. The van der Waals surface area contributed by atoms with E-state index in [9.17, 15) is 4.79 Å². The summed E-state index contributed by atoms with van der Waals surface area (Å²) in [6.07, 6.45) is 10.4. The van der Waals surface area contributed by atoms with Gasteiger partial charge in [0.05, 0.1) is 26.3 Å². The number of hydrogen-bond donors (Lipinski definition) is 1. The molecule has 32 heavy (non-hydrogen) atoms. The summed E-state index contributed by atoms with van der Waals surface area (Å²) in [4.78, 5) is 28.6. The molecule has 1 aliphatic rings. The van der Waals surface area contributed by atoms with Crippen molar-refractivity contribution in [3.63, 3.8) is 0 Å². The minimum Gasteiger partial charge on any atom is -0.497 e. The highest BCUT2D eigenvalue weighted by Crippen LogP contribution is 2.30. The number of aryl methyl sites for hydroxylation is 1. The molecule has 2 atom stereocenters. The van der Waals surface area contributed by atoms with Gasteiger partial charge in [-0.1, -0.05) is 0 Å². The van der Waals surface area contributed by atoms with E-state index in [1.165, 1.54) is 0 Å². The number of hydrogen-bond acceptors (Lipinski definition) is 7. The monoisotopic (exact) mass is 436 g/mol. The van der Waals surface area contributed by atoms with E-state index in [1.807, 2.05) is 29.9 Å².